The smallest absolute Gasteiger partial charge is 0.0543 e. The molecule has 0 fully saturated rings. The Hall–Kier alpha value is -5.40. The van der Waals surface area contributed by atoms with E-state index < -0.39 is 5.41 Å². The number of benzene rings is 6. The van der Waals surface area contributed by atoms with Crippen molar-refractivity contribution in [2.75, 3.05) is 4.90 Å². The van der Waals surface area contributed by atoms with Crippen LogP contribution in [0.1, 0.15) is 137 Å². The zero-order valence-electron chi connectivity index (χ0n) is 37.9. The summed E-state index contributed by atoms with van der Waals surface area (Å²) in [6.45, 7) is 22.1. The van der Waals surface area contributed by atoms with Crippen molar-refractivity contribution in [3.63, 3.8) is 0 Å². The Morgan fingerprint density at radius 2 is 0.984 bits per heavy atom. The van der Waals surface area contributed by atoms with Gasteiger partial charge in [-0.2, -0.15) is 0 Å². The number of fused-ring (bicyclic) bond motifs is 5. The largest absolute Gasteiger partial charge is 0.310 e. The second-order valence-corrected chi connectivity index (χ2v) is 21.4. The molecule has 0 amide bonds. The van der Waals surface area contributed by atoms with Crippen LogP contribution < -0.4 is 4.90 Å². The molecule has 0 saturated heterocycles. The Bertz CT molecular complexity index is 2670. The van der Waals surface area contributed by atoms with Crippen molar-refractivity contribution in [1.29, 1.82) is 0 Å². The third-order valence-corrected chi connectivity index (χ3v) is 15.8. The second-order valence-electron chi connectivity index (χ2n) is 21.4. The number of aryl methyl sites for hydroxylation is 1. The fourth-order valence-corrected chi connectivity index (χ4v) is 12.3. The van der Waals surface area contributed by atoms with E-state index in [0.29, 0.717) is 0 Å². The van der Waals surface area contributed by atoms with E-state index in [2.05, 4.69) is 225 Å². The lowest BCUT2D eigenvalue weighted by Crippen LogP contribution is -2.35. The summed E-state index contributed by atoms with van der Waals surface area (Å²) < 4.78 is 0. The van der Waals surface area contributed by atoms with Crippen molar-refractivity contribution in [2.45, 2.75) is 121 Å². The van der Waals surface area contributed by atoms with Gasteiger partial charge in [0.1, 0.15) is 0 Å². The predicted octanol–water partition coefficient (Wildman–Crippen LogP) is 16.0. The molecular formula is C60H63N. The first-order valence-corrected chi connectivity index (χ1v) is 22.9. The Morgan fingerprint density at radius 1 is 0.459 bits per heavy atom. The van der Waals surface area contributed by atoms with Crippen molar-refractivity contribution in [3.8, 4) is 11.1 Å². The van der Waals surface area contributed by atoms with Gasteiger partial charge in [-0.1, -0.05) is 183 Å². The molecule has 10 rings (SSSR count). The average Bonchev–Trinajstić information content (AvgIpc) is 3.55. The maximum absolute atomic E-state index is 2.66. The molecule has 0 heterocycles. The number of hydrogen-bond acceptors (Lipinski definition) is 1. The van der Waals surface area contributed by atoms with Crippen LogP contribution in [0, 0.1) is 12.8 Å². The van der Waals surface area contributed by atoms with Gasteiger partial charge in [0.15, 0.2) is 0 Å². The average molecular weight is 798 g/mol. The second kappa shape index (κ2) is 14.1. The molecule has 0 aliphatic heterocycles. The third kappa shape index (κ3) is 6.08. The maximum atomic E-state index is 2.66. The lowest BCUT2D eigenvalue weighted by atomic mass is 9.61. The summed E-state index contributed by atoms with van der Waals surface area (Å²) in [5.41, 5.74) is 19.1. The van der Waals surface area contributed by atoms with Crippen LogP contribution in [-0.2, 0) is 27.1 Å². The Morgan fingerprint density at radius 3 is 1.61 bits per heavy atom. The van der Waals surface area contributed by atoms with Crippen LogP contribution in [0.4, 0.5) is 17.1 Å². The van der Waals surface area contributed by atoms with Crippen LogP contribution >= 0.6 is 0 Å². The van der Waals surface area contributed by atoms with Gasteiger partial charge in [-0.05, 0) is 140 Å². The minimum atomic E-state index is -0.409. The highest BCUT2D eigenvalue weighted by atomic mass is 15.1. The molecule has 0 spiro atoms. The first-order valence-electron chi connectivity index (χ1n) is 22.9. The standard InChI is InChI=1S/C60H63N/c1-40-36-51-52(58(6,7)33-32-57(51,4)5)39-53(40)61(43-26-17-12-18-27-43)54-38-50-46(37-47(54)45-29-21-31-49-55(45)59(8,9)35-34-56(49,2)3)44-28-19-20-30-48(44)60(50,41-22-13-10-14-23-41)42-24-15-11-16-25-42/h10-31,36-39,44,48H,32-35H2,1-9H3. The highest BCUT2D eigenvalue weighted by molar-refractivity contribution is 5.93. The van der Waals surface area contributed by atoms with E-state index >= 15 is 0 Å². The molecule has 6 aromatic rings. The van der Waals surface area contributed by atoms with Gasteiger partial charge in [-0.25, -0.2) is 0 Å². The summed E-state index contributed by atoms with van der Waals surface area (Å²) in [5.74, 6) is 0.426. The van der Waals surface area contributed by atoms with Crippen molar-refractivity contribution < 1.29 is 0 Å². The van der Waals surface area contributed by atoms with E-state index in [1.54, 1.807) is 0 Å². The van der Waals surface area contributed by atoms with Gasteiger partial charge >= 0.3 is 0 Å². The van der Waals surface area contributed by atoms with Crippen LogP contribution in [0.25, 0.3) is 11.1 Å². The monoisotopic (exact) mass is 797 g/mol. The molecule has 0 aromatic heterocycles. The van der Waals surface area contributed by atoms with Crippen LogP contribution in [0.5, 0.6) is 0 Å². The molecular weight excluding hydrogens is 735 g/mol. The van der Waals surface area contributed by atoms with Crippen LogP contribution in [-0.4, -0.2) is 0 Å². The molecule has 0 N–H and O–H groups in total. The highest BCUT2D eigenvalue weighted by Crippen LogP contribution is 2.63. The van der Waals surface area contributed by atoms with Crippen LogP contribution in [0.2, 0.25) is 0 Å². The Kier molecular flexibility index (Phi) is 9.16. The molecule has 2 unspecified atom stereocenters. The molecule has 2 atom stereocenters. The van der Waals surface area contributed by atoms with E-state index in [4.69, 9.17) is 0 Å². The number of rotatable bonds is 6. The van der Waals surface area contributed by atoms with Gasteiger partial charge in [-0.3, -0.25) is 0 Å². The third-order valence-electron chi connectivity index (χ3n) is 15.8. The number of allylic oxidation sites excluding steroid dienone is 4. The summed E-state index contributed by atoms with van der Waals surface area (Å²) in [4.78, 5) is 2.65. The molecule has 4 aliphatic rings. The predicted molar refractivity (Wildman–Crippen MR) is 259 cm³/mol. The number of para-hydroxylation sites is 1. The fraction of sp³-hybridized carbons (Fsp3) is 0.333. The number of anilines is 3. The molecule has 1 nitrogen and oxygen atoms in total. The van der Waals surface area contributed by atoms with Gasteiger partial charge in [-0.15, -0.1) is 0 Å². The van der Waals surface area contributed by atoms with E-state index in [-0.39, 0.29) is 33.5 Å². The quantitative estimate of drug-likeness (QED) is 0.162. The molecule has 308 valence electrons. The molecule has 0 bridgehead atoms. The van der Waals surface area contributed by atoms with Crippen molar-refractivity contribution in [1.82, 2.24) is 0 Å². The van der Waals surface area contributed by atoms with Gasteiger partial charge in [0, 0.05) is 28.8 Å². The number of nitrogens with zero attached hydrogens (tertiary/aromatic N) is 1. The van der Waals surface area contributed by atoms with Crippen molar-refractivity contribution >= 4 is 17.1 Å². The first-order chi connectivity index (χ1) is 29.1. The summed E-state index contributed by atoms with van der Waals surface area (Å²) in [5, 5.41) is 0. The van der Waals surface area contributed by atoms with Gasteiger partial charge < -0.3 is 4.90 Å². The minimum absolute atomic E-state index is 0.0144. The fourth-order valence-electron chi connectivity index (χ4n) is 12.3. The lowest BCUT2D eigenvalue weighted by molar-refractivity contribution is 0.332. The van der Waals surface area contributed by atoms with Gasteiger partial charge in [0.25, 0.3) is 0 Å². The summed E-state index contributed by atoms with van der Waals surface area (Å²) >= 11 is 0. The maximum Gasteiger partial charge on any atom is 0.0543 e. The molecule has 0 saturated carbocycles. The molecule has 1 heteroatoms. The normalized spacial score (nSPS) is 21.8. The molecule has 0 radical (unpaired) electrons. The zero-order chi connectivity index (χ0) is 42.5. The zero-order valence-corrected chi connectivity index (χ0v) is 37.9. The van der Waals surface area contributed by atoms with E-state index in [1.165, 1.54) is 97.5 Å². The SMILES string of the molecule is Cc1cc2c(cc1N(c1ccccc1)c1cc3c(cc1-c1cccc4c1C(C)(C)CCC4(C)C)C1C=CC=CC1C3(c1ccccc1)c1ccccc1)C(C)(C)CCC2(C)C. The van der Waals surface area contributed by atoms with Crippen LogP contribution in [0.3, 0.4) is 0 Å². The topological polar surface area (TPSA) is 3.24 Å². The minimum Gasteiger partial charge on any atom is -0.310 e. The van der Waals surface area contributed by atoms with Gasteiger partial charge in [0.05, 0.1) is 11.1 Å². The lowest BCUT2D eigenvalue weighted by Gasteiger charge is -2.44. The van der Waals surface area contributed by atoms with Crippen molar-refractivity contribution in [3.05, 3.63) is 208 Å². The summed E-state index contributed by atoms with van der Waals surface area (Å²) in [7, 11) is 0. The van der Waals surface area contributed by atoms with E-state index in [9.17, 15) is 0 Å². The first kappa shape index (κ1) is 39.7. The number of hydrogen-bond donors (Lipinski definition) is 0. The Labute approximate surface area is 366 Å². The van der Waals surface area contributed by atoms with E-state index in [0.717, 1.165) is 6.42 Å². The summed E-state index contributed by atoms with van der Waals surface area (Å²) in [6.07, 6.45) is 14.3. The Balaban J connectivity index is 1.37. The van der Waals surface area contributed by atoms with E-state index in [1.807, 2.05) is 0 Å². The summed E-state index contributed by atoms with van der Waals surface area (Å²) in [6, 6.07) is 51.7. The van der Waals surface area contributed by atoms with Crippen LogP contribution in [0.15, 0.2) is 158 Å². The van der Waals surface area contributed by atoms with Gasteiger partial charge in [0.2, 0.25) is 0 Å². The van der Waals surface area contributed by atoms with Crippen molar-refractivity contribution in [2.24, 2.45) is 5.92 Å². The highest BCUT2D eigenvalue weighted by Gasteiger charge is 2.54. The molecule has 6 aromatic carbocycles. The molecule has 4 aliphatic carbocycles. The molecule has 61 heavy (non-hydrogen) atoms.